The number of hydrogen-bond donors (Lipinski definition) is 1. The lowest BCUT2D eigenvalue weighted by Gasteiger charge is -2.09. The van der Waals surface area contributed by atoms with Gasteiger partial charge >= 0.3 is 0 Å². The van der Waals surface area contributed by atoms with Crippen LogP contribution in [-0.2, 0) is 11.3 Å². The summed E-state index contributed by atoms with van der Waals surface area (Å²) in [5.41, 5.74) is 2.77. The number of carbonyl (C=O) groups excluding carboxylic acids is 1. The maximum Gasteiger partial charge on any atom is 0.284 e. The zero-order valence-corrected chi connectivity index (χ0v) is 15.8. The molecular weight excluding hydrogens is 375 g/mol. The first-order chi connectivity index (χ1) is 13.9. The predicted molar refractivity (Wildman–Crippen MR) is 105 cm³/mol. The van der Waals surface area contributed by atoms with Crippen molar-refractivity contribution in [3.63, 3.8) is 0 Å². The number of amides is 1. The Morgan fingerprint density at radius 3 is 2.62 bits per heavy atom. The molecule has 146 valence electrons. The van der Waals surface area contributed by atoms with Crippen LogP contribution in [0.25, 0.3) is 16.9 Å². The van der Waals surface area contributed by atoms with E-state index >= 15 is 0 Å². The molecule has 0 aliphatic carbocycles. The molecule has 2 aromatic carbocycles. The van der Waals surface area contributed by atoms with Crippen molar-refractivity contribution in [1.82, 2.24) is 24.5 Å². The number of fused-ring (bicyclic) bond motifs is 1. The lowest BCUT2D eigenvalue weighted by molar-refractivity contribution is -0.116. The number of anilines is 1. The molecule has 29 heavy (non-hydrogen) atoms. The maximum atomic E-state index is 13.5. The molecule has 0 aliphatic heterocycles. The minimum Gasteiger partial charge on any atom is -0.325 e. The van der Waals surface area contributed by atoms with Gasteiger partial charge in [-0.1, -0.05) is 17.3 Å². The monoisotopic (exact) mass is 392 g/mol. The number of nitrogens with one attached hydrogen (secondary N) is 1. The quantitative estimate of drug-likeness (QED) is 0.575. The average Bonchev–Trinajstić information content (AvgIpc) is 3.08. The summed E-state index contributed by atoms with van der Waals surface area (Å²) in [7, 11) is 0. The highest BCUT2D eigenvalue weighted by Gasteiger charge is 2.15. The van der Waals surface area contributed by atoms with Gasteiger partial charge in [0.05, 0.1) is 5.69 Å². The van der Waals surface area contributed by atoms with Gasteiger partial charge in [-0.05, 0) is 55.3 Å². The van der Waals surface area contributed by atoms with Crippen LogP contribution < -0.4 is 10.9 Å². The summed E-state index contributed by atoms with van der Waals surface area (Å²) < 4.78 is 15.9. The average molecular weight is 392 g/mol. The zero-order chi connectivity index (χ0) is 20.5. The highest BCUT2D eigenvalue weighted by molar-refractivity contribution is 5.90. The second-order valence-corrected chi connectivity index (χ2v) is 6.76. The molecule has 0 fully saturated rings. The molecule has 1 N–H and O–H groups in total. The fraction of sp³-hybridized carbons (Fsp3) is 0.150. The summed E-state index contributed by atoms with van der Waals surface area (Å²) in [4.78, 5) is 29.3. The molecule has 0 atom stereocenters. The highest BCUT2D eigenvalue weighted by atomic mass is 19.1. The molecule has 4 rings (SSSR count). The topological polar surface area (TPSA) is 94.7 Å². The number of rotatable bonds is 4. The molecule has 0 radical (unpaired) electrons. The third-order valence-electron chi connectivity index (χ3n) is 4.30. The van der Waals surface area contributed by atoms with E-state index in [-0.39, 0.29) is 23.6 Å². The van der Waals surface area contributed by atoms with Gasteiger partial charge in [0.25, 0.3) is 5.56 Å². The standard InChI is InChI=1S/C20H17FN6O2/c1-12-6-13(2)8-15(7-12)23-17(28)10-26-11-22-19-18(20(26)29)24-25-27(19)16-5-3-4-14(21)9-16/h3-9,11H,10H2,1-2H3,(H,23,28). The summed E-state index contributed by atoms with van der Waals surface area (Å²) in [6.45, 7) is 3.65. The predicted octanol–water partition coefficient (Wildman–Crippen LogP) is 2.37. The van der Waals surface area contributed by atoms with Crippen LogP contribution in [0.2, 0.25) is 0 Å². The number of halogens is 1. The van der Waals surface area contributed by atoms with Gasteiger partial charge in [0.2, 0.25) is 5.91 Å². The van der Waals surface area contributed by atoms with E-state index in [9.17, 15) is 14.0 Å². The molecule has 4 aromatic rings. The van der Waals surface area contributed by atoms with Gasteiger partial charge in [0.1, 0.15) is 18.7 Å². The van der Waals surface area contributed by atoms with E-state index in [1.165, 1.54) is 29.2 Å². The Kier molecular flexibility index (Phi) is 4.63. The largest absolute Gasteiger partial charge is 0.325 e. The van der Waals surface area contributed by atoms with E-state index in [2.05, 4.69) is 20.6 Å². The number of aromatic nitrogens is 5. The smallest absolute Gasteiger partial charge is 0.284 e. The molecule has 9 heteroatoms. The molecule has 2 heterocycles. The van der Waals surface area contributed by atoms with Gasteiger partial charge < -0.3 is 5.32 Å². The van der Waals surface area contributed by atoms with Gasteiger partial charge in [0, 0.05) is 5.69 Å². The molecule has 0 saturated carbocycles. The number of carbonyl (C=O) groups is 1. The van der Waals surface area contributed by atoms with Gasteiger partial charge in [-0.15, -0.1) is 5.10 Å². The van der Waals surface area contributed by atoms with Crippen molar-refractivity contribution in [1.29, 1.82) is 0 Å². The van der Waals surface area contributed by atoms with Crippen molar-refractivity contribution in [2.45, 2.75) is 20.4 Å². The third kappa shape index (κ3) is 3.75. The minimum atomic E-state index is -0.506. The van der Waals surface area contributed by atoms with Crippen molar-refractivity contribution >= 4 is 22.8 Å². The molecule has 0 unspecified atom stereocenters. The van der Waals surface area contributed by atoms with E-state index < -0.39 is 11.4 Å². The van der Waals surface area contributed by atoms with E-state index in [1.807, 2.05) is 32.0 Å². The van der Waals surface area contributed by atoms with Gasteiger partial charge in [-0.2, -0.15) is 4.68 Å². The second kappa shape index (κ2) is 7.27. The summed E-state index contributed by atoms with van der Waals surface area (Å²) in [5.74, 6) is -0.807. The summed E-state index contributed by atoms with van der Waals surface area (Å²) in [6.07, 6.45) is 1.25. The molecule has 0 aliphatic rings. The van der Waals surface area contributed by atoms with Crippen LogP contribution in [0.3, 0.4) is 0 Å². The van der Waals surface area contributed by atoms with Crippen LogP contribution in [0.5, 0.6) is 0 Å². The Hall–Kier alpha value is -3.88. The Morgan fingerprint density at radius 2 is 1.90 bits per heavy atom. The number of benzene rings is 2. The van der Waals surface area contributed by atoms with Crippen LogP contribution in [0.1, 0.15) is 11.1 Å². The molecule has 0 spiro atoms. The first-order valence-corrected chi connectivity index (χ1v) is 8.85. The van der Waals surface area contributed by atoms with Crippen molar-refractivity contribution < 1.29 is 9.18 Å². The highest BCUT2D eigenvalue weighted by Crippen LogP contribution is 2.14. The first-order valence-electron chi connectivity index (χ1n) is 8.85. The van der Waals surface area contributed by atoms with Crippen LogP contribution >= 0.6 is 0 Å². The lowest BCUT2D eigenvalue weighted by Crippen LogP contribution is -2.28. The van der Waals surface area contributed by atoms with Crippen LogP contribution in [0, 0.1) is 19.7 Å². The van der Waals surface area contributed by atoms with Gasteiger partial charge in [-0.3, -0.25) is 14.2 Å². The van der Waals surface area contributed by atoms with E-state index in [1.54, 1.807) is 6.07 Å². The Morgan fingerprint density at radius 1 is 1.14 bits per heavy atom. The van der Waals surface area contributed by atoms with E-state index in [0.717, 1.165) is 15.7 Å². The summed E-state index contributed by atoms with van der Waals surface area (Å²) in [5, 5.41) is 10.5. The second-order valence-electron chi connectivity index (χ2n) is 6.76. The Labute approximate surface area is 164 Å². The van der Waals surface area contributed by atoms with Crippen molar-refractivity contribution in [2.75, 3.05) is 5.32 Å². The van der Waals surface area contributed by atoms with Crippen LogP contribution in [0.4, 0.5) is 10.1 Å². The first kappa shape index (κ1) is 18.5. The Balaban J connectivity index is 1.61. The number of aryl methyl sites for hydroxylation is 2. The summed E-state index contributed by atoms with van der Waals surface area (Å²) >= 11 is 0. The van der Waals surface area contributed by atoms with Crippen molar-refractivity contribution in [2.24, 2.45) is 0 Å². The fourth-order valence-electron chi connectivity index (χ4n) is 3.14. The van der Waals surface area contributed by atoms with Crippen LogP contribution in [0.15, 0.2) is 53.6 Å². The Bertz CT molecular complexity index is 1270. The summed E-state index contributed by atoms with van der Waals surface area (Å²) in [6, 6.07) is 11.4. The SMILES string of the molecule is Cc1cc(C)cc(NC(=O)Cn2cnc3c(nnn3-c3cccc(F)c3)c2=O)c1. The lowest BCUT2D eigenvalue weighted by atomic mass is 10.1. The molecule has 1 amide bonds. The molecule has 0 bridgehead atoms. The third-order valence-corrected chi connectivity index (χ3v) is 4.30. The molecule has 8 nitrogen and oxygen atoms in total. The van der Waals surface area contributed by atoms with Crippen LogP contribution in [-0.4, -0.2) is 30.5 Å². The number of nitrogens with zero attached hydrogens (tertiary/aromatic N) is 5. The van der Waals surface area contributed by atoms with Gasteiger partial charge in [0.15, 0.2) is 11.2 Å². The normalized spacial score (nSPS) is 11.0. The molecule has 0 saturated heterocycles. The van der Waals surface area contributed by atoms with Gasteiger partial charge in [-0.25, -0.2) is 9.37 Å². The molecular formula is C20H17FN6O2. The fourth-order valence-corrected chi connectivity index (χ4v) is 3.14. The van der Waals surface area contributed by atoms with Crippen molar-refractivity contribution in [3.8, 4) is 5.69 Å². The minimum absolute atomic E-state index is 0.00374. The van der Waals surface area contributed by atoms with Crippen molar-refractivity contribution in [3.05, 3.63) is 76.1 Å². The molecule has 2 aromatic heterocycles. The van der Waals surface area contributed by atoms with E-state index in [4.69, 9.17) is 0 Å². The number of hydrogen-bond acceptors (Lipinski definition) is 5. The van der Waals surface area contributed by atoms with E-state index in [0.29, 0.717) is 11.4 Å². The maximum absolute atomic E-state index is 13.5. The zero-order valence-electron chi connectivity index (χ0n) is 15.8.